The number of aliphatic carboxylic acids is 1. The van der Waals surface area contributed by atoms with Gasteiger partial charge in [-0.3, -0.25) is 14.7 Å². The van der Waals surface area contributed by atoms with E-state index in [1.54, 1.807) is 18.1 Å². The van der Waals surface area contributed by atoms with Gasteiger partial charge in [-0.1, -0.05) is 24.3 Å². The Bertz CT molecular complexity index is 534. The molecule has 88 valence electrons. The summed E-state index contributed by atoms with van der Waals surface area (Å²) in [6.45, 7) is 0.615. The van der Waals surface area contributed by atoms with Crippen molar-refractivity contribution in [1.82, 2.24) is 9.88 Å². The molecular formula is C13H14N2O2. The maximum atomic E-state index is 10.6. The Balaban J connectivity index is 2.26. The van der Waals surface area contributed by atoms with Gasteiger partial charge in [0.05, 0.1) is 6.54 Å². The first-order valence-electron chi connectivity index (χ1n) is 5.39. The summed E-state index contributed by atoms with van der Waals surface area (Å²) < 4.78 is 0. The Morgan fingerprint density at radius 2 is 2.12 bits per heavy atom. The number of fused-ring (bicyclic) bond motifs is 1. The van der Waals surface area contributed by atoms with E-state index in [4.69, 9.17) is 5.11 Å². The van der Waals surface area contributed by atoms with Crippen molar-refractivity contribution in [3.05, 3.63) is 42.2 Å². The molecule has 1 N–H and O–H groups in total. The van der Waals surface area contributed by atoms with E-state index in [2.05, 4.69) is 4.98 Å². The second-order valence-electron chi connectivity index (χ2n) is 4.09. The molecule has 1 aromatic heterocycles. The van der Waals surface area contributed by atoms with Gasteiger partial charge in [-0.15, -0.1) is 0 Å². The van der Waals surface area contributed by atoms with E-state index < -0.39 is 5.97 Å². The van der Waals surface area contributed by atoms with E-state index in [0.29, 0.717) is 6.54 Å². The van der Waals surface area contributed by atoms with Crippen molar-refractivity contribution in [2.75, 3.05) is 13.6 Å². The normalized spacial score (nSPS) is 10.9. The fourth-order valence-corrected chi connectivity index (χ4v) is 1.88. The fraction of sp³-hybridized carbons (Fsp3) is 0.231. The standard InChI is InChI=1S/C13H14N2O2/c1-15(9-13(16)17)8-11-7-14-6-10-4-2-3-5-12(10)11/h2-7H,8-9H2,1H3,(H,16,17). The van der Waals surface area contributed by atoms with E-state index >= 15 is 0 Å². The molecule has 4 heteroatoms. The summed E-state index contributed by atoms with van der Waals surface area (Å²) in [6.07, 6.45) is 3.61. The molecule has 0 bridgehead atoms. The van der Waals surface area contributed by atoms with Gasteiger partial charge in [0.1, 0.15) is 0 Å². The Hall–Kier alpha value is -1.94. The van der Waals surface area contributed by atoms with Gasteiger partial charge >= 0.3 is 5.97 Å². The summed E-state index contributed by atoms with van der Waals surface area (Å²) in [7, 11) is 1.79. The maximum absolute atomic E-state index is 10.6. The first-order chi connectivity index (χ1) is 8.16. The van der Waals surface area contributed by atoms with Crippen LogP contribution in [-0.4, -0.2) is 34.6 Å². The average molecular weight is 230 g/mol. The summed E-state index contributed by atoms with van der Waals surface area (Å²) >= 11 is 0. The molecule has 1 heterocycles. The summed E-state index contributed by atoms with van der Waals surface area (Å²) in [5.41, 5.74) is 1.05. The molecule has 0 fully saturated rings. The largest absolute Gasteiger partial charge is 0.480 e. The van der Waals surface area contributed by atoms with Crippen LogP contribution in [0.3, 0.4) is 0 Å². The Labute approximate surface area is 99.5 Å². The smallest absolute Gasteiger partial charge is 0.317 e. The lowest BCUT2D eigenvalue weighted by molar-refractivity contribution is -0.138. The summed E-state index contributed by atoms with van der Waals surface area (Å²) in [5.74, 6) is -0.819. The molecule has 0 saturated heterocycles. The Kier molecular flexibility index (Phi) is 3.35. The van der Waals surface area contributed by atoms with Crippen LogP contribution in [0.5, 0.6) is 0 Å². The van der Waals surface area contributed by atoms with E-state index in [0.717, 1.165) is 16.3 Å². The third-order valence-electron chi connectivity index (χ3n) is 2.60. The SMILES string of the molecule is CN(CC(=O)O)Cc1cncc2ccccc12. The highest BCUT2D eigenvalue weighted by molar-refractivity contribution is 5.84. The molecule has 0 saturated carbocycles. The van der Waals surface area contributed by atoms with Crippen molar-refractivity contribution in [2.45, 2.75) is 6.54 Å². The molecule has 0 radical (unpaired) electrons. The average Bonchev–Trinajstić information content (AvgIpc) is 2.28. The molecule has 2 rings (SSSR count). The van der Waals surface area contributed by atoms with Gasteiger partial charge < -0.3 is 5.11 Å². The molecule has 0 spiro atoms. The Morgan fingerprint density at radius 1 is 1.35 bits per heavy atom. The van der Waals surface area contributed by atoms with E-state index in [1.807, 2.05) is 30.5 Å². The zero-order valence-corrected chi connectivity index (χ0v) is 9.63. The van der Waals surface area contributed by atoms with Gasteiger partial charge in [0.15, 0.2) is 0 Å². The fourth-order valence-electron chi connectivity index (χ4n) is 1.88. The zero-order valence-electron chi connectivity index (χ0n) is 9.63. The van der Waals surface area contributed by atoms with Crippen LogP contribution in [0.4, 0.5) is 0 Å². The minimum Gasteiger partial charge on any atom is -0.480 e. The number of carbonyl (C=O) groups is 1. The zero-order chi connectivity index (χ0) is 12.3. The molecule has 4 nitrogen and oxygen atoms in total. The van der Waals surface area contributed by atoms with Crippen molar-refractivity contribution >= 4 is 16.7 Å². The minimum absolute atomic E-state index is 0.0310. The second kappa shape index (κ2) is 4.93. The molecule has 0 unspecified atom stereocenters. The number of rotatable bonds is 4. The number of nitrogens with zero attached hydrogens (tertiary/aromatic N) is 2. The lowest BCUT2D eigenvalue weighted by atomic mass is 10.1. The number of likely N-dealkylation sites (N-methyl/N-ethyl adjacent to an activating group) is 1. The highest BCUT2D eigenvalue weighted by atomic mass is 16.4. The lowest BCUT2D eigenvalue weighted by Gasteiger charge is -2.15. The third-order valence-corrected chi connectivity index (χ3v) is 2.60. The van der Waals surface area contributed by atoms with Crippen LogP contribution >= 0.6 is 0 Å². The van der Waals surface area contributed by atoms with E-state index in [-0.39, 0.29) is 6.54 Å². The monoisotopic (exact) mass is 230 g/mol. The number of hydrogen-bond donors (Lipinski definition) is 1. The van der Waals surface area contributed by atoms with Crippen LogP contribution in [0.15, 0.2) is 36.7 Å². The highest BCUT2D eigenvalue weighted by Gasteiger charge is 2.07. The number of pyridine rings is 1. The number of aromatic nitrogens is 1. The predicted molar refractivity (Wildman–Crippen MR) is 65.7 cm³/mol. The number of carboxylic acids is 1. The second-order valence-corrected chi connectivity index (χ2v) is 4.09. The van der Waals surface area contributed by atoms with E-state index in [9.17, 15) is 4.79 Å². The van der Waals surface area contributed by atoms with Crippen LogP contribution in [0.2, 0.25) is 0 Å². The summed E-state index contributed by atoms with van der Waals surface area (Å²) in [6, 6.07) is 7.97. The van der Waals surface area contributed by atoms with Crippen LogP contribution < -0.4 is 0 Å². The van der Waals surface area contributed by atoms with Gasteiger partial charge in [0.2, 0.25) is 0 Å². The van der Waals surface area contributed by atoms with Gasteiger partial charge in [-0.25, -0.2) is 0 Å². The maximum Gasteiger partial charge on any atom is 0.317 e. The number of benzene rings is 1. The van der Waals surface area contributed by atoms with Crippen molar-refractivity contribution in [2.24, 2.45) is 0 Å². The predicted octanol–water partition coefficient (Wildman–Crippen LogP) is 1.75. The van der Waals surface area contributed by atoms with Gasteiger partial charge in [0, 0.05) is 24.3 Å². The van der Waals surface area contributed by atoms with Crippen molar-refractivity contribution in [1.29, 1.82) is 0 Å². The molecule has 1 aromatic carbocycles. The van der Waals surface area contributed by atoms with Crippen LogP contribution in [0, 0.1) is 0 Å². The van der Waals surface area contributed by atoms with Gasteiger partial charge in [-0.2, -0.15) is 0 Å². The molecule has 0 aliphatic carbocycles. The molecule has 2 aromatic rings. The first-order valence-corrected chi connectivity index (χ1v) is 5.39. The quantitative estimate of drug-likeness (QED) is 0.869. The summed E-state index contributed by atoms with van der Waals surface area (Å²) in [5, 5.41) is 10.9. The third kappa shape index (κ3) is 2.79. The van der Waals surface area contributed by atoms with Crippen LogP contribution in [-0.2, 0) is 11.3 Å². The minimum atomic E-state index is -0.819. The topological polar surface area (TPSA) is 53.4 Å². The van der Waals surface area contributed by atoms with Crippen LogP contribution in [0.25, 0.3) is 10.8 Å². The van der Waals surface area contributed by atoms with Crippen molar-refractivity contribution in [3.8, 4) is 0 Å². The van der Waals surface area contributed by atoms with Gasteiger partial charge in [0.25, 0.3) is 0 Å². The van der Waals surface area contributed by atoms with Gasteiger partial charge in [-0.05, 0) is 18.0 Å². The number of hydrogen-bond acceptors (Lipinski definition) is 3. The molecule has 17 heavy (non-hydrogen) atoms. The van der Waals surface area contributed by atoms with Crippen LogP contribution in [0.1, 0.15) is 5.56 Å². The molecular weight excluding hydrogens is 216 g/mol. The van der Waals surface area contributed by atoms with Crippen molar-refractivity contribution < 1.29 is 9.90 Å². The van der Waals surface area contributed by atoms with E-state index in [1.165, 1.54) is 0 Å². The molecule has 0 amide bonds. The lowest BCUT2D eigenvalue weighted by Crippen LogP contribution is -2.25. The molecule has 0 atom stereocenters. The number of carboxylic acid groups (broad SMARTS) is 1. The Morgan fingerprint density at radius 3 is 2.88 bits per heavy atom. The summed E-state index contributed by atoms with van der Waals surface area (Å²) in [4.78, 5) is 16.5. The molecule has 0 aliphatic rings. The first kappa shape index (κ1) is 11.5. The highest BCUT2D eigenvalue weighted by Crippen LogP contribution is 2.17. The van der Waals surface area contributed by atoms with Crippen molar-refractivity contribution in [3.63, 3.8) is 0 Å². The molecule has 0 aliphatic heterocycles.